The number of aromatic nitrogens is 5. The topological polar surface area (TPSA) is 96.8 Å². The summed E-state index contributed by atoms with van der Waals surface area (Å²) in [6.45, 7) is 2.82. The van der Waals surface area contributed by atoms with Crippen LogP contribution in [0.1, 0.15) is 11.5 Å². The lowest BCUT2D eigenvalue weighted by molar-refractivity contribution is 0.146. The van der Waals surface area contributed by atoms with E-state index in [4.69, 9.17) is 18.7 Å². The molecule has 0 bridgehead atoms. The Balaban J connectivity index is 1.41. The van der Waals surface area contributed by atoms with Crippen molar-refractivity contribution in [2.75, 3.05) is 20.3 Å². The molecule has 0 N–H and O–H groups in total. The molecule has 0 saturated carbocycles. The minimum atomic E-state index is -0.518. The fraction of sp³-hybridized carbons (Fsp3) is 0.217. The summed E-state index contributed by atoms with van der Waals surface area (Å²) in [5, 5.41) is 12.7. The molecular formula is C23H20FN5O4. The third-order valence-corrected chi connectivity index (χ3v) is 5.03. The number of rotatable bonds is 8. The number of aryl methyl sites for hydroxylation is 1. The van der Waals surface area contributed by atoms with E-state index >= 15 is 0 Å². The Morgan fingerprint density at radius 3 is 2.79 bits per heavy atom. The Hall–Kier alpha value is -4.05. The summed E-state index contributed by atoms with van der Waals surface area (Å²) >= 11 is 0. The van der Waals surface area contributed by atoms with Crippen LogP contribution in [0.25, 0.3) is 27.9 Å². The van der Waals surface area contributed by atoms with Gasteiger partial charge in [-0.2, -0.15) is 0 Å². The summed E-state index contributed by atoms with van der Waals surface area (Å²) < 4.78 is 38.1. The molecule has 0 aliphatic heterocycles. The zero-order chi connectivity index (χ0) is 22.8. The maximum Gasteiger partial charge on any atom is 0.197 e. The van der Waals surface area contributed by atoms with Crippen molar-refractivity contribution in [2.45, 2.75) is 13.5 Å². The lowest BCUT2D eigenvalue weighted by atomic mass is 10.2. The Bertz CT molecular complexity index is 1430. The van der Waals surface area contributed by atoms with Crippen LogP contribution < -0.4 is 9.47 Å². The Morgan fingerprint density at radius 2 is 1.97 bits per heavy atom. The second-order valence-electron chi connectivity index (χ2n) is 7.34. The summed E-state index contributed by atoms with van der Waals surface area (Å²) in [6.07, 6.45) is 3.36. The molecular weight excluding hydrogens is 429 g/mol. The van der Waals surface area contributed by atoms with Gasteiger partial charge in [-0.25, -0.2) is 4.39 Å². The van der Waals surface area contributed by atoms with E-state index in [0.29, 0.717) is 47.6 Å². The molecule has 1 aromatic carbocycles. The largest absolute Gasteiger partial charge is 0.491 e. The molecule has 10 heteroatoms. The van der Waals surface area contributed by atoms with Gasteiger partial charge in [-0.15, -0.1) is 10.2 Å². The average molecular weight is 449 g/mol. The summed E-state index contributed by atoms with van der Waals surface area (Å²) in [5.74, 6) is 1.68. The van der Waals surface area contributed by atoms with Crippen LogP contribution >= 0.6 is 0 Å². The van der Waals surface area contributed by atoms with Crippen LogP contribution in [-0.4, -0.2) is 45.1 Å². The van der Waals surface area contributed by atoms with Gasteiger partial charge in [-0.3, -0.25) is 9.38 Å². The van der Waals surface area contributed by atoms with Gasteiger partial charge in [0, 0.05) is 42.6 Å². The second kappa shape index (κ2) is 8.83. The molecule has 0 saturated heterocycles. The van der Waals surface area contributed by atoms with Crippen LogP contribution in [-0.2, 0) is 11.3 Å². The predicted octanol–water partition coefficient (Wildman–Crippen LogP) is 3.98. The number of hydrogen-bond acceptors (Lipinski definition) is 8. The lowest BCUT2D eigenvalue weighted by Gasteiger charge is -2.10. The summed E-state index contributed by atoms with van der Waals surface area (Å²) in [6, 6.07) is 10.4. The minimum absolute atomic E-state index is 0.0741. The number of benzene rings is 1. The van der Waals surface area contributed by atoms with Crippen LogP contribution in [0.5, 0.6) is 11.5 Å². The number of methoxy groups -OCH3 is 1. The molecule has 0 spiro atoms. The predicted molar refractivity (Wildman–Crippen MR) is 117 cm³/mol. The zero-order valence-corrected chi connectivity index (χ0v) is 18.0. The number of pyridine rings is 2. The molecule has 0 aliphatic carbocycles. The van der Waals surface area contributed by atoms with Crippen molar-refractivity contribution in [3.63, 3.8) is 0 Å². The fourth-order valence-electron chi connectivity index (χ4n) is 3.43. The number of nitrogens with zero attached hydrogens (tertiary/aromatic N) is 5. The first-order valence-corrected chi connectivity index (χ1v) is 10.2. The Morgan fingerprint density at radius 1 is 1.06 bits per heavy atom. The van der Waals surface area contributed by atoms with E-state index in [2.05, 4.69) is 20.3 Å². The van der Waals surface area contributed by atoms with E-state index < -0.39 is 5.82 Å². The summed E-state index contributed by atoms with van der Waals surface area (Å²) in [4.78, 5) is 4.39. The van der Waals surface area contributed by atoms with Crippen molar-refractivity contribution in [2.24, 2.45) is 0 Å². The van der Waals surface area contributed by atoms with Crippen LogP contribution in [0.2, 0.25) is 0 Å². The molecule has 0 fully saturated rings. The van der Waals surface area contributed by atoms with E-state index in [-0.39, 0.29) is 12.3 Å². The molecule has 168 valence electrons. The van der Waals surface area contributed by atoms with Crippen molar-refractivity contribution in [1.82, 2.24) is 24.7 Å². The van der Waals surface area contributed by atoms with E-state index in [1.54, 1.807) is 43.0 Å². The van der Waals surface area contributed by atoms with Crippen LogP contribution in [0.15, 0.2) is 53.3 Å². The average Bonchev–Trinajstić information content (AvgIpc) is 3.44. The van der Waals surface area contributed by atoms with Gasteiger partial charge in [0.05, 0.1) is 17.8 Å². The van der Waals surface area contributed by atoms with Gasteiger partial charge in [-0.1, -0.05) is 5.16 Å². The third kappa shape index (κ3) is 4.20. The van der Waals surface area contributed by atoms with Crippen molar-refractivity contribution < 1.29 is 23.1 Å². The number of halogens is 1. The highest BCUT2D eigenvalue weighted by Gasteiger charge is 2.15. The molecule has 9 nitrogen and oxygen atoms in total. The minimum Gasteiger partial charge on any atom is -0.491 e. The van der Waals surface area contributed by atoms with Crippen LogP contribution in [0, 0.1) is 12.7 Å². The Labute approximate surface area is 187 Å². The third-order valence-electron chi connectivity index (χ3n) is 5.03. The molecule has 0 radical (unpaired) electrons. The van der Waals surface area contributed by atoms with Crippen molar-refractivity contribution >= 4 is 16.6 Å². The highest BCUT2D eigenvalue weighted by Crippen LogP contribution is 2.28. The fourth-order valence-corrected chi connectivity index (χ4v) is 3.43. The first kappa shape index (κ1) is 20.8. The zero-order valence-electron chi connectivity index (χ0n) is 18.0. The summed E-state index contributed by atoms with van der Waals surface area (Å²) in [5.41, 5.74) is 2.06. The van der Waals surface area contributed by atoms with E-state index in [1.165, 1.54) is 6.07 Å². The van der Waals surface area contributed by atoms with Crippen LogP contribution in [0.3, 0.4) is 0 Å². The highest BCUT2D eigenvalue weighted by atomic mass is 19.1. The lowest BCUT2D eigenvalue weighted by Crippen LogP contribution is -2.04. The molecule has 0 atom stereocenters. The van der Waals surface area contributed by atoms with Gasteiger partial charge < -0.3 is 18.7 Å². The molecule has 4 aromatic heterocycles. The van der Waals surface area contributed by atoms with Gasteiger partial charge in [0.2, 0.25) is 0 Å². The van der Waals surface area contributed by atoms with E-state index in [9.17, 15) is 4.39 Å². The quantitative estimate of drug-likeness (QED) is 0.328. The van der Waals surface area contributed by atoms with Gasteiger partial charge in [-0.05, 0) is 31.2 Å². The summed E-state index contributed by atoms with van der Waals surface area (Å²) in [7, 11) is 1.62. The smallest absolute Gasteiger partial charge is 0.197 e. The van der Waals surface area contributed by atoms with Crippen LogP contribution in [0.4, 0.5) is 4.39 Å². The van der Waals surface area contributed by atoms with E-state index in [1.807, 2.05) is 18.2 Å². The molecule has 0 unspecified atom stereocenters. The number of hydrogen-bond donors (Lipinski definition) is 0. The van der Waals surface area contributed by atoms with Crippen molar-refractivity contribution in [3.05, 3.63) is 66.1 Å². The number of ether oxygens (including phenoxy) is 3. The maximum atomic E-state index is 14.6. The van der Waals surface area contributed by atoms with Gasteiger partial charge in [0.1, 0.15) is 24.7 Å². The normalized spacial score (nSPS) is 11.4. The standard InChI is InChI=1S/C23H20FN5O4/c1-14-9-21(33-28-14)15-10-18(24)23-27-26-22(29(23)12-15)13-32-20-5-6-25-19-11-16(3-4-17(19)20)31-8-7-30-2/h3-6,9-12H,7-8,13H2,1-2H3. The maximum absolute atomic E-state index is 14.6. The molecule has 0 aliphatic rings. The molecule has 4 heterocycles. The van der Waals surface area contributed by atoms with Gasteiger partial charge >= 0.3 is 0 Å². The SMILES string of the molecule is COCCOc1ccc2c(OCc3nnc4c(F)cc(-c5cc(C)no5)cn34)ccnc2c1. The monoisotopic (exact) mass is 449 g/mol. The Kier molecular flexibility index (Phi) is 5.57. The number of fused-ring (bicyclic) bond motifs is 2. The molecule has 5 rings (SSSR count). The van der Waals surface area contributed by atoms with Crippen molar-refractivity contribution in [1.29, 1.82) is 0 Å². The molecule has 0 amide bonds. The first-order valence-electron chi connectivity index (χ1n) is 10.2. The van der Waals surface area contributed by atoms with E-state index in [0.717, 1.165) is 10.9 Å². The molecule has 5 aromatic rings. The second-order valence-corrected chi connectivity index (χ2v) is 7.34. The molecule has 33 heavy (non-hydrogen) atoms. The highest BCUT2D eigenvalue weighted by molar-refractivity contribution is 5.85. The van der Waals surface area contributed by atoms with Gasteiger partial charge in [0.15, 0.2) is 23.0 Å². The van der Waals surface area contributed by atoms with Gasteiger partial charge in [0.25, 0.3) is 0 Å². The van der Waals surface area contributed by atoms with Crippen molar-refractivity contribution in [3.8, 4) is 22.8 Å². The first-order chi connectivity index (χ1) is 16.1.